The third-order valence-electron chi connectivity index (χ3n) is 2.94. The molecule has 0 aliphatic carbocycles. The van der Waals surface area contributed by atoms with Crippen molar-refractivity contribution in [1.29, 1.82) is 0 Å². The summed E-state index contributed by atoms with van der Waals surface area (Å²) in [5.74, 6) is 0.683. The first-order chi connectivity index (χ1) is 8.00. The van der Waals surface area contributed by atoms with E-state index in [0.717, 1.165) is 28.0 Å². The fourth-order valence-electron chi connectivity index (χ4n) is 2.10. The Hall–Kier alpha value is -1.09. The van der Waals surface area contributed by atoms with Gasteiger partial charge < -0.3 is 4.42 Å². The Bertz CT molecular complexity index is 522. The Morgan fingerprint density at radius 2 is 1.71 bits per heavy atom. The topological polar surface area (TPSA) is 13.1 Å². The lowest BCUT2D eigenvalue weighted by atomic mass is 9.97. The molecule has 1 aromatic carbocycles. The van der Waals surface area contributed by atoms with Crippen molar-refractivity contribution >= 4 is 15.9 Å². The van der Waals surface area contributed by atoms with Gasteiger partial charge in [0.15, 0.2) is 0 Å². The van der Waals surface area contributed by atoms with Crippen molar-refractivity contribution in [2.24, 2.45) is 0 Å². The Morgan fingerprint density at radius 1 is 1.12 bits per heavy atom. The number of rotatable bonds is 2. The van der Waals surface area contributed by atoms with Crippen molar-refractivity contribution < 1.29 is 8.81 Å². The van der Waals surface area contributed by atoms with E-state index in [-0.39, 0.29) is 10.6 Å². The standard InChI is InChI=1S/C14H14BrFO/c1-8-4-5-17-14(8)13(15)12-9(2)6-11(16)7-10(12)3/h4-7,13H,1-3H3. The molecule has 2 aromatic rings. The van der Waals surface area contributed by atoms with Gasteiger partial charge in [0.05, 0.1) is 11.1 Å². The van der Waals surface area contributed by atoms with E-state index in [4.69, 9.17) is 4.42 Å². The molecule has 0 N–H and O–H groups in total. The lowest BCUT2D eigenvalue weighted by molar-refractivity contribution is 0.516. The van der Waals surface area contributed by atoms with Crippen molar-refractivity contribution in [2.45, 2.75) is 25.6 Å². The minimum atomic E-state index is -0.195. The molecule has 0 saturated heterocycles. The van der Waals surface area contributed by atoms with Gasteiger partial charge in [-0.25, -0.2) is 4.39 Å². The largest absolute Gasteiger partial charge is 0.468 e. The van der Waals surface area contributed by atoms with Crippen LogP contribution >= 0.6 is 15.9 Å². The van der Waals surface area contributed by atoms with Crippen LogP contribution in [-0.4, -0.2) is 0 Å². The van der Waals surface area contributed by atoms with Crippen molar-refractivity contribution in [3.05, 3.63) is 58.3 Å². The monoisotopic (exact) mass is 296 g/mol. The van der Waals surface area contributed by atoms with E-state index in [9.17, 15) is 4.39 Å². The van der Waals surface area contributed by atoms with E-state index in [0.29, 0.717) is 0 Å². The van der Waals surface area contributed by atoms with Gasteiger partial charge in [0.1, 0.15) is 11.6 Å². The highest BCUT2D eigenvalue weighted by Gasteiger charge is 2.20. The van der Waals surface area contributed by atoms with Gasteiger partial charge in [-0.05, 0) is 61.2 Å². The van der Waals surface area contributed by atoms with E-state index >= 15 is 0 Å². The third kappa shape index (κ3) is 2.29. The Balaban J connectivity index is 2.51. The average Bonchev–Trinajstić information content (AvgIpc) is 2.62. The van der Waals surface area contributed by atoms with Crippen LogP contribution in [-0.2, 0) is 0 Å². The quantitative estimate of drug-likeness (QED) is 0.724. The molecule has 0 aliphatic heterocycles. The molecule has 0 aliphatic rings. The highest BCUT2D eigenvalue weighted by molar-refractivity contribution is 9.09. The molecule has 0 bridgehead atoms. The molecule has 0 fully saturated rings. The fraction of sp³-hybridized carbons (Fsp3) is 0.286. The zero-order chi connectivity index (χ0) is 12.6. The maximum atomic E-state index is 13.3. The summed E-state index contributed by atoms with van der Waals surface area (Å²) in [4.78, 5) is -0.0295. The first-order valence-electron chi connectivity index (χ1n) is 5.45. The second kappa shape index (κ2) is 4.65. The summed E-state index contributed by atoms with van der Waals surface area (Å²) in [7, 11) is 0. The summed E-state index contributed by atoms with van der Waals surface area (Å²) >= 11 is 3.63. The molecule has 1 unspecified atom stereocenters. The van der Waals surface area contributed by atoms with Crippen molar-refractivity contribution in [3.8, 4) is 0 Å². The van der Waals surface area contributed by atoms with Gasteiger partial charge >= 0.3 is 0 Å². The van der Waals surface area contributed by atoms with E-state index in [2.05, 4.69) is 15.9 Å². The number of alkyl halides is 1. The molecule has 0 saturated carbocycles. The molecule has 1 nitrogen and oxygen atoms in total. The molecular weight excluding hydrogens is 283 g/mol. The zero-order valence-corrected chi connectivity index (χ0v) is 11.6. The van der Waals surface area contributed by atoms with Crippen LogP contribution in [0, 0.1) is 26.6 Å². The minimum Gasteiger partial charge on any atom is -0.468 e. The molecule has 1 atom stereocenters. The molecule has 2 rings (SSSR count). The molecule has 3 heteroatoms. The van der Waals surface area contributed by atoms with Gasteiger partial charge in [0.25, 0.3) is 0 Å². The number of halogens is 2. The van der Waals surface area contributed by atoms with Crippen molar-refractivity contribution in [2.75, 3.05) is 0 Å². The number of hydrogen-bond acceptors (Lipinski definition) is 1. The van der Waals surface area contributed by atoms with Crippen LogP contribution in [0.5, 0.6) is 0 Å². The SMILES string of the molecule is Cc1ccoc1C(Br)c1c(C)cc(F)cc1C. The van der Waals surface area contributed by atoms with Crippen LogP contribution in [0.15, 0.2) is 28.9 Å². The number of aryl methyl sites for hydroxylation is 3. The predicted octanol–water partition coefficient (Wildman–Crippen LogP) is 4.83. The first-order valence-corrected chi connectivity index (χ1v) is 6.37. The van der Waals surface area contributed by atoms with Crippen molar-refractivity contribution in [3.63, 3.8) is 0 Å². The molecule has 1 aromatic heterocycles. The van der Waals surface area contributed by atoms with Crippen LogP contribution in [0.2, 0.25) is 0 Å². The van der Waals surface area contributed by atoms with Crippen LogP contribution in [0.1, 0.15) is 32.8 Å². The smallest absolute Gasteiger partial charge is 0.124 e. The molecule has 17 heavy (non-hydrogen) atoms. The Labute approximate surface area is 109 Å². The lowest BCUT2D eigenvalue weighted by Gasteiger charge is -2.15. The van der Waals surface area contributed by atoms with Crippen molar-refractivity contribution in [1.82, 2.24) is 0 Å². The van der Waals surface area contributed by atoms with Crippen LogP contribution in [0.25, 0.3) is 0 Å². The van der Waals surface area contributed by atoms with E-state index < -0.39 is 0 Å². The second-order valence-electron chi connectivity index (χ2n) is 4.28. The Morgan fingerprint density at radius 3 is 2.18 bits per heavy atom. The maximum Gasteiger partial charge on any atom is 0.124 e. The molecule has 0 radical (unpaired) electrons. The fourth-order valence-corrected chi connectivity index (χ4v) is 3.29. The lowest BCUT2D eigenvalue weighted by Crippen LogP contribution is -2.00. The van der Waals surface area contributed by atoms with Gasteiger partial charge in [-0.15, -0.1) is 0 Å². The summed E-state index contributed by atoms with van der Waals surface area (Å²) < 4.78 is 18.7. The molecule has 1 heterocycles. The summed E-state index contributed by atoms with van der Waals surface area (Å²) in [6.45, 7) is 5.83. The average molecular weight is 297 g/mol. The first kappa shape index (κ1) is 12.4. The van der Waals surface area contributed by atoms with Gasteiger partial charge in [-0.1, -0.05) is 15.9 Å². The van der Waals surface area contributed by atoms with Gasteiger partial charge in [0, 0.05) is 0 Å². The second-order valence-corrected chi connectivity index (χ2v) is 5.20. The third-order valence-corrected chi connectivity index (χ3v) is 3.82. The summed E-state index contributed by atoms with van der Waals surface area (Å²) in [6, 6.07) is 5.03. The summed E-state index contributed by atoms with van der Waals surface area (Å²) in [5, 5.41) is 0. The highest BCUT2D eigenvalue weighted by Crippen LogP contribution is 2.37. The zero-order valence-electron chi connectivity index (χ0n) is 10.1. The van der Waals surface area contributed by atoms with Gasteiger partial charge in [-0.2, -0.15) is 0 Å². The normalized spacial score (nSPS) is 12.8. The summed E-state index contributed by atoms with van der Waals surface area (Å²) in [5.41, 5.74) is 4.03. The number of furan rings is 1. The minimum absolute atomic E-state index is 0.0295. The van der Waals surface area contributed by atoms with Gasteiger partial charge in [-0.3, -0.25) is 0 Å². The maximum absolute atomic E-state index is 13.3. The van der Waals surface area contributed by atoms with Crippen LogP contribution in [0.3, 0.4) is 0 Å². The summed E-state index contributed by atoms with van der Waals surface area (Å²) in [6.07, 6.45) is 1.67. The van der Waals surface area contributed by atoms with Crippen LogP contribution in [0.4, 0.5) is 4.39 Å². The van der Waals surface area contributed by atoms with E-state index in [1.807, 2.05) is 26.8 Å². The molecule has 90 valence electrons. The van der Waals surface area contributed by atoms with E-state index in [1.54, 1.807) is 18.4 Å². The van der Waals surface area contributed by atoms with Crippen LogP contribution < -0.4 is 0 Å². The number of hydrogen-bond donors (Lipinski definition) is 0. The molecule has 0 spiro atoms. The van der Waals surface area contributed by atoms with E-state index in [1.165, 1.54) is 0 Å². The molecular formula is C14H14BrFO. The Kier molecular flexibility index (Phi) is 3.38. The predicted molar refractivity (Wildman–Crippen MR) is 70.1 cm³/mol. The molecule has 0 amide bonds. The van der Waals surface area contributed by atoms with Gasteiger partial charge in [0.2, 0.25) is 0 Å². The highest BCUT2D eigenvalue weighted by atomic mass is 79.9. The number of benzene rings is 1.